The second-order valence-electron chi connectivity index (χ2n) is 7.11. The molecule has 1 fully saturated rings. The molecular formula is C21H21ClF3N3O6. The molecule has 1 atom stereocenters. The van der Waals surface area contributed by atoms with Crippen molar-refractivity contribution in [1.82, 2.24) is 9.97 Å². The lowest BCUT2D eigenvalue weighted by atomic mass is 9.99. The Kier molecular flexibility index (Phi) is 8.28. The Balaban J connectivity index is 2.13. The van der Waals surface area contributed by atoms with Gasteiger partial charge in [-0.3, -0.25) is 9.59 Å². The van der Waals surface area contributed by atoms with Crippen molar-refractivity contribution < 1.29 is 41.7 Å². The van der Waals surface area contributed by atoms with Crippen molar-refractivity contribution in [3.05, 3.63) is 51.7 Å². The molecule has 0 aliphatic carbocycles. The van der Waals surface area contributed by atoms with Crippen LogP contribution in [0.2, 0.25) is 5.28 Å². The van der Waals surface area contributed by atoms with Gasteiger partial charge in [0.2, 0.25) is 5.28 Å². The lowest BCUT2D eigenvalue weighted by Gasteiger charge is -2.24. The number of aromatic nitrogens is 2. The van der Waals surface area contributed by atoms with Gasteiger partial charge < -0.3 is 24.3 Å². The van der Waals surface area contributed by atoms with Gasteiger partial charge in [-0.05, 0) is 18.5 Å². The normalized spacial score (nSPS) is 15.0. The maximum atomic E-state index is 14.7. The standard InChI is InChI=1S/C21H21ClF3N3O6/c1-9(10-5-4-6-11(14(10)23)16(24)25)26-17-12(20-33-7-8-34-20)15(27-21(22)28-17)13(18(29)31-2)19(30)32-3/h4-6,9,13,16,20H,7-8H2,1-3H3,(H,26,27,28). The van der Waals surface area contributed by atoms with Crippen LogP contribution in [0.5, 0.6) is 0 Å². The number of methoxy groups -OCH3 is 2. The average molecular weight is 504 g/mol. The largest absolute Gasteiger partial charge is 0.468 e. The number of hydrogen-bond acceptors (Lipinski definition) is 9. The summed E-state index contributed by atoms with van der Waals surface area (Å²) >= 11 is 6.07. The van der Waals surface area contributed by atoms with Crippen molar-refractivity contribution in [2.75, 3.05) is 32.8 Å². The Labute approximate surface area is 197 Å². The number of nitrogens with zero attached hydrogens (tertiary/aromatic N) is 2. The van der Waals surface area contributed by atoms with E-state index in [-0.39, 0.29) is 41.1 Å². The number of esters is 2. The number of hydrogen-bond donors (Lipinski definition) is 1. The fraction of sp³-hybridized carbons (Fsp3) is 0.429. The van der Waals surface area contributed by atoms with Gasteiger partial charge >= 0.3 is 11.9 Å². The summed E-state index contributed by atoms with van der Waals surface area (Å²) in [5.74, 6) is -4.79. The second-order valence-corrected chi connectivity index (χ2v) is 7.45. The molecule has 1 saturated heterocycles. The summed E-state index contributed by atoms with van der Waals surface area (Å²) in [4.78, 5) is 33.0. The highest BCUT2D eigenvalue weighted by atomic mass is 35.5. The molecule has 34 heavy (non-hydrogen) atoms. The molecule has 2 heterocycles. The van der Waals surface area contributed by atoms with Crippen LogP contribution in [0.15, 0.2) is 18.2 Å². The molecular weight excluding hydrogens is 483 g/mol. The molecule has 0 amide bonds. The smallest absolute Gasteiger partial charge is 0.326 e. The monoisotopic (exact) mass is 503 g/mol. The molecule has 1 aliphatic rings. The van der Waals surface area contributed by atoms with Gasteiger partial charge in [0, 0.05) is 5.56 Å². The maximum absolute atomic E-state index is 14.7. The van der Waals surface area contributed by atoms with Crippen LogP contribution in [-0.4, -0.2) is 49.3 Å². The molecule has 0 radical (unpaired) electrons. The van der Waals surface area contributed by atoms with E-state index in [1.807, 2.05) is 0 Å². The zero-order valence-electron chi connectivity index (χ0n) is 18.3. The minimum absolute atomic E-state index is 0.0278. The first-order chi connectivity index (χ1) is 16.2. The fourth-order valence-corrected chi connectivity index (χ4v) is 3.63. The molecule has 1 N–H and O–H groups in total. The zero-order valence-corrected chi connectivity index (χ0v) is 19.1. The van der Waals surface area contributed by atoms with Crippen molar-refractivity contribution in [2.24, 2.45) is 0 Å². The Morgan fingerprint density at radius 3 is 2.26 bits per heavy atom. The summed E-state index contributed by atoms with van der Waals surface area (Å²) in [7, 11) is 2.15. The van der Waals surface area contributed by atoms with Gasteiger partial charge in [-0.25, -0.2) is 23.1 Å². The summed E-state index contributed by atoms with van der Waals surface area (Å²) in [5.41, 5.74) is -1.01. The summed E-state index contributed by atoms with van der Waals surface area (Å²) in [6, 6.07) is 2.70. The minimum Gasteiger partial charge on any atom is -0.468 e. The highest BCUT2D eigenvalue weighted by Crippen LogP contribution is 2.38. The predicted molar refractivity (Wildman–Crippen MR) is 112 cm³/mol. The van der Waals surface area contributed by atoms with Crippen molar-refractivity contribution in [3.63, 3.8) is 0 Å². The topological polar surface area (TPSA) is 109 Å². The highest BCUT2D eigenvalue weighted by molar-refractivity contribution is 6.28. The van der Waals surface area contributed by atoms with Crippen LogP contribution in [0, 0.1) is 5.82 Å². The van der Waals surface area contributed by atoms with Crippen LogP contribution in [0.25, 0.3) is 0 Å². The number of alkyl halides is 2. The molecule has 1 unspecified atom stereocenters. The molecule has 13 heteroatoms. The first-order valence-corrected chi connectivity index (χ1v) is 10.4. The molecule has 184 valence electrons. The Hall–Kier alpha value is -2.96. The van der Waals surface area contributed by atoms with E-state index in [9.17, 15) is 22.8 Å². The Morgan fingerprint density at radius 2 is 1.71 bits per heavy atom. The van der Waals surface area contributed by atoms with Crippen molar-refractivity contribution in [1.29, 1.82) is 0 Å². The first-order valence-electron chi connectivity index (χ1n) is 9.98. The molecule has 0 bridgehead atoms. The van der Waals surface area contributed by atoms with E-state index in [0.717, 1.165) is 20.3 Å². The van der Waals surface area contributed by atoms with Gasteiger partial charge in [0.25, 0.3) is 6.43 Å². The quantitative estimate of drug-likeness (QED) is 0.326. The number of carbonyl (C=O) groups excluding carboxylic acids is 2. The Bertz CT molecular complexity index is 1050. The number of nitrogens with one attached hydrogen (secondary N) is 1. The van der Waals surface area contributed by atoms with Crippen LogP contribution in [-0.2, 0) is 28.5 Å². The van der Waals surface area contributed by atoms with Crippen molar-refractivity contribution >= 4 is 29.4 Å². The van der Waals surface area contributed by atoms with Crippen LogP contribution in [0.4, 0.5) is 19.0 Å². The fourth-order valence-electron chi connectivity index (χ4n) is 3.46. The summed E-state index contributed by atoms with van der Waals surface area (Å²) < 4.78 is 61.6. The molecule has 1 aromatic heterocycles. The first kappa shape index (κ1) is 25.7. The van der Waals surface area contributed by atoms with Gasteiger partial charge in [0.15, 0.2) is 12.2 Å². The van der Waals surface area contributed by atoms with Crippen LogP contribution in [0.3, 0.4) is 0 Å². The molecule has 0 spiro atoms. The zero-order chi connectivity index (χ0) is 25.0. The number of carbonyl (C=O) groups is 2. The molecule has 9 nitrogen and oxygen atoms in total. The average Bonchev–Trinajstić information content (AvgIpc) is 3.32. The van der Waals surface area contributed by atoms with Gasteiger partial charge in [-0.1, -0.05) is 18.2 Å². The molecule has 1 aliphatic heterocycles. The van der Waals surface area contributed by atoms with Crippen molar-refractivity contribution in [2.45, 2.75) is 31.6 Å². The molecule has 0 saturated carbocycles. The lowest BCUT2D eigenvalue weighted by molar-refractivity contribution is -0.154. The third-order valence-corrected chi connectivity index (χ3v) is 5.23. The molecule has 3 rings (SSSR count). The number of anilines is 1. The highest BCUT2D eigenvalue weighted by Gasteiger charge is 2.39. The van der Waals surface area contributed by atoms with Crippen LogP contribution in [0.1, 0.15) is 54.0 Å². The number of rotatable bonds is 8. The summed E-state index contributed by atoms with van der Waals surface area (Å²) in [6.45, 7) is 1.88. The van der Waals surface area contributed by atoms with Gasteiger partial charge in [0.05, 0.1) is 50.3 Å². The van der Waals surface area contributed by atoms with Crippen molar-refractivity contribution in [3.8, 4) is 0 Å². The van der Waals surface area contributed by atoms with E-state index in [1.54, 1.807) is 0 Å². The van der Waals surface area contributed by atoms with E-state index in [0.29, 0.717) is 0 Å². The number of benzene rings is 1. The van der Waals surface area contributed by atoms with Crippen LogP contribution < -0.4 is 5.32 Å². The Morgan fingerprint density at radius 1 is 1.12 bits per heavy atom. The van der Waals surface area contributed by atoms with E-state index >= 15 is 0 Å². The van der Waals surface area contributed by atoms with Gasteiger partial charge in [-0.2, -0.15) is 0 Å². The predicted octanol–water partition coefficient (Wildman–Crippen LogP) is 3.85. The summed E-state index contributed by atoms with van der Waals surface area (Å²) in [5, 5.41) is 2.51. The minimum atomic E-state index is -3.01. The van der Waals surface area contributed by atoms with Gasteiger partial charge in [-0.15, -0.1) is 0 Å². The summed E-state index contributed by atoms with van der Waals surface area (Å²) in [6.07, 6.45) is -4.13. The third-order valence-electron chi connectivity index (χ3n) is 5.07. The lowest BCUT2D eigenvalue weighted by Crippen LogP contribution is -2.28. The number of halogens is 4. The van der Waals surface area contributed by atoms with E-state index in [2.05, 4.69) is 15.3 Å². The molecule has 2 aromatic rings. The van der Waals surface area contributed by atoms with Gasteiger partial charge in [0.1, 0.15) is 11.6 Å². The van der Waals surface area contributed by atoms with E-state index < -0.39 is 48.0 Å². The maximum Gasteiger partial charge on any atom is 0.326 e. The second kappa shape index (κ2) is 11.0. The van der Waals surface area contributed by atoms with E-state index in [4.69, 9.17) is 30.5 Å². The molecule has 1 aromatic carbocycles. The number of ether oxygens (including phenoxy) is 4. The third kappa shape index (κ3) is 5.24. The van der Waals surface area contributed by atoms with Crippen LogP contribution >= 0.6 is 11.6 Å². The van der Waals surface area contributed by atoms with E-state index in [1.165, 1.54) is 19.1 Å². The SMILES string of the molecule is COC(=O)C(C(=O)OC)c1nc(Cl)nc(NC(C)c2cccc(C(F)F)c2F)c1C1OCCO1.